The van der Waals surface area contributed by atoms with E-state index in [-0.39, 0.29) is 25.0 Å². The van der Waals surface area contributed by atoms with Crippen molar-refractivity contribution in [3.8, 4) is 12.3 Å². The molecular weight excluding hydrogens is 244 g/mol. The zero-order valence-corrected chi connectivity index (χ0v) is 11.6. The molecule has 0 bridgehead atoms. The number of amides is 2. The zero-order chi connectivity index (χ0) is 14.4. The van der Waals surface area contributed by atoms with Crippen LogP contribution in [0.3, 0.4) is 0 Å². The van der Waals surface area contributed by atoms with Crippen molar-refractivity contribution in [2.75, 3.05) is 26.2 Å². The largest absolute Gasteiger partial charge is 0.480 e. The number of carboxylic acid groups (broad SMARTS) is 1. The Labute approximate surface area is 114 Å². The summed E-state index contributed by atoms with van der Waals surface area (Å²) in [5, 5.41) is 8.90. The summed E-state index contributed by atoms with van der Waals surface area (Å²) in [4.78, 5) is 26.2. The average molecular weight is 266 g/mol. The number of carboxylic acids is 1. The summed E-state index contributed by atoms with van der Waals surface area (Å²) in [6.45, 7) is 4.93. The minimum atomic E-state index is -0.999. The lowest BCUT2D eigenvalue weighted by Crippen LogP contribution is -2.47. The normalized spacial score (nSPS) is 14.0. The first-order chi connectivity index (χ1) is 8.93. The number of urea groups is 1. The van der Waals surface area contributed by atoms with Gasteiger partial charge in [-0.1, -0.05) is 19.8 Å². The molecule has 0 aromatic rings. The van der Waals surface area contributed by atoms with E-state index >= 15 is 0 Å². The lowest BCUT2D eigenvalue weighted by atomic mass is 10.2. The molecular formula is C14H22N2O3. The van der Waals surface area contributed by atoms with Crippen LogP contribution < -0.4 is 0 Å². The first-order valence-electron chi connectivity index (χ1n) is 6.63. The van der Waals surface area contributed by atoms with E-state index in [2.05, 4.69) is 5.92 Å². The molecule has 0 spiro atoms. The van der Waals surface area contributed by atoms with Crippen LogP contribution in [0, 0.1) is 24.2 Å². The Morgan fingerprint density at radius 2 is 2.00 bits per heavy atom. The number of hydrogen-bond donors (Lipinski definition) is 1. The molecule has 0 unspecified atom stereocenters. The second-order valence-corrected chi connectivity index (χ2v) is 5.48. The van der Waals surface area contributed by atoms with Gasteiger partial charge in [-0.15, -0.1) is 6.42 Å². The molecule has 0 aromatic carbocycles. The van der Waals surface area contributed by atoms with Crippen LogP contribution in [-0.4, -0.2) is 53.1 Å². The van der Waals surface area contributed by atoms with Gasteiger partial charge in [0.2, 0.25) is 0 Å². The van der Waals surface area contributed by atoms with Crippen molar-refractivity contribution in [2.24, 2.45) is 11.8 Å². The van der Waals surface area contributed by atoms with Gasteiger partial charge in [0, 0.05) is 13.1 Å². The molecule has 106 valence electrons. The topological polar surface area (TPSA) is 60.9 Å². The molecule has 5 nitrogen and oxygen atoms in total. The van der Waals surface area contributed by atoms with Gasteiger partial charge in [0.15, 0.2) is 0 Å². The molecule has 1 N–H and O–H groups in total. The Balaban J connectivity index is 2.68. The van der Waals surface area contributed by atoms with Gasteiger partial charge in [0.1, 0.15) is 6.54 Å². The molecule has 2 amide bonds. The molecule has 0 saturated heterocycles. The Hall–Kier alpha value is -1.70. The number of rotatable bonds is 7. The number of terminal acetylenes is 1. The van der Waals surface area contributed by atoms with E-state index in [0.29, 0.717) is 19.0 Å². The van der Waals surface area contributed by atoms with Crippen LogP contribution in [0.25, 0.3) is 0 Å². The highest BCUT2D eigenvalue weighted by Gasteiger charge is 2.29. The predicted octanol–water partition coefficient (Wildman–Crippen LogP) is 1.49. The third-order valence-corrected chi connectivity index (χ3v) is 2.91. The Kier molecular flexibility index (Phi) is 5.68. The fourth-order valence-electron chi connectivity index (χ4n) is 1.95. The number of nitrogens with zero attached hydrogens (tertiary/aromatic N) is 2. The van der Waals surface area contributed by atoms with Crippen LogP contribution in [-0.2, 0) is 4.79 Å². The highest BCUT2D eigenvalue weighted by atomic mass is 16.4. The van der Waals surface area contributed by atoms with Crippen molar-refractivity contribution in [2.45, 2.75) is 26.7 Å². The highest BCUT2D eigenvalue weighted by molar-refractivity contribution is 5.80. The molecule has 1 fully saturated rings. The minimum Gasteiger partial charge on any atom is -0.480 e. The van der Waals surface area contributed by atoms with E-state index in [1.807, 2.05) is 13.8 Å². The monoisotopic (exact) mass is 266 g/mol. The summed E-state index contributed by atoms with van der Waals surface area (Å²) in [6, 6.07) is -0.263. The molecule has 1 aliphatic rings. The van der Waals surface area contributed by atoms with Crippen LogP contribution in [0.5, 0.6) is 0 Å². The molecule has 5 heteroatoms. The molecule has 0 heterocycles. The molecule has 0 aromatic heterocycles. The van der Waals surface area contributed by atoms with E-state index in [9.17, 15) is 9.59 Å². The number of aliphatic carboxylic acids is 1. The van der Waals surface area contributed by atoms with Crippen LogP contribution in [0.15, 0.2) is 0 Å². The predicted molar refractivity (Wildman–Crippen MR) is 72.6 cm³/mol. The van der Waals surface area contributed by atoms with Gasteiger partial charge < -0.3 is 14.9 Å². The van der Waals surface area contributed by atoms with Gasteiger partial charge in [0.25, 0.3) is 0 Å². The summed E-state index contributed by atoms with van der Waals surface area (Å²) in [5.41, 5.74) is 0. The third kappa shape index (κ3) is 5.64. The van der Waals surface area contributed by atoms with Gasteiger partial charge in [-0.3, -0.25) is 4.79 Å². The number of carbonyl (C=O) groups excluding carboxylic acids is 1. The summed E-state index contributed by atoms with van der Waals surface area (Å²) in [5.74, 6) is 2.23. The highest BCUT2D eigenvalue weighted by Crippen LogP contribution is 2.29. The summed E-state index contributed by atoms with van der Waals surface area (Å²) < 4.78 is 0. The van der Waals surface area contributed by atoms with Crippen molar-refractivity contribution in [1.82, 2.24) is 9.80 Å². The zero-order valence-electron chi connectivity index (χ0n) is 11.6. The maximum absolute atomic E-state index is 12.4. The van der Waals surface area contributed by atoms with Gasteiger partial charge in [-0.05, 0) is 24.7 Å². The molecule has 1 saturated carbocycles. The lowest BCUT2D eigenvalue weighted by Gasteiger charge is -2.29. The fraction of sp³-hybridized carbons (Fsp3) is 0.714. The fourth-order valence-corrected chi connectivity index (χ4v) is 1.95. The van der Waals surface area contributed by atoms with E-state index < -0.39 is 5.97 Å². The van der Waals surface area contributed by atoms with E-state index in [0.717, 1.165) is 12.8 Å². The van der Waals surface area contributed by atoms with E-state index in [4.69, 9.17) is 11.5 Å². The number of hydrogen-bond acceptors (Lipinski definition) is 2. The van der Waals surface area contributed by atoms with Gasteiger partial charge in [-0.2, -0.15) is 0 Å². The average Bonchev–Trinajstić information content (AvgIpc) is 3.09. The lowest BCUT2D eigenvalue weighted by molar-refractivity contribution is -0.137. The van der Waals surface area contributed by atoms with Crippen molar-refractivity contribution in [1.29, 1.82) is 0 Å². The van der Waals surface area contributed by atoms with Crippen LogP contribution in [0.2, 0.25) is 0 Å². The minimum absolute atomic E-state index is 0.219. The Morgan fingerprint density at radius 3 is 2.42 bits per heavy atom. The van der Waals surface area contributed by atoms with E-state index in [1.165, 1.54) is 4.90 Å². The summed E-state index contributed by atoms with van der Waals surface area (Å²) in [6.07, 6.45) is 7.53. The SMILES string of the molecule is C#CCN(CC1CC1)C(=O)N(CC(=O)O)CC(C)C. The van der Waals surface area contributed by atoms with Gasteiger partial charge in [0.05, 0.1) is 6.54 Å². The first kappa shape index (κ1) is 15.4. The molecule has 19 heavy (non-hydrogen) atoms. The van der Waals surface area contributed by atoms with Crippen molar-refractivity contribution < 1.29 is 14.7 Å². The second kappa shape index (κ2) is 7.03. The molecule has 0 atom stereocenters. The summed E-state index contributed by atoms with van der Waals surface area (Å²) >= 11 is 0. The van der Waals surface area contributed by atoms with Crippen molar-refractivity contribution >= 4 is 12.0 Å². The Bertz CT molecular complexity index is 369. The Morgan fingerprint density at radius 1 is 1.37 bits per heavy atom. The van der Waals surface area contributed by atoms with Crippen LogP contribution >= 0.6 is 0 Å². The number of carbonyl (C=O) groups is 2. The van der Waals surface area contributed by atoms with Crippen LogP contribution in [0.4, 0.5) is 4.79 Å². The smallest absolute Gasteiger partial charge is 0.323 e. The summed E-state index contributed by atoms with van der Waals surface area (Å²) in [7, 11) is 0. The first-order valence-corrected chi connectivity index (χ1v) is 6.63. The molecule has 1 aliphatic carbocycles. The molecule has 1 rings (SSSR count). The maximum atomic E-state index is 12.4. The van der Waals surface area contributed by atoms with Gasteiger partial charge in [-0.25, -0.2) is 4.79 Å². The van der Waals surface area contributed by atoms with Crippen molar-refractivity contribution in [3.63, 3.8) is 0 Å². The quantitative estimate of drug-likeness (QED) is 0.710. The van der Waals surface area contributed by atoms with Gasteiger partial charge >= 0.3 is 12.0 Å². The van der Waals surface area contributed by atoms with E-state index in [1.54, 1.807) is 4.90 Å². The maximum Gasteiger partial charge on any atom is 0.323 e. The third-order valence-electron chi connectivity index (χ3n) is 2.91. The standard InChI is InChI=1S/C14H22N2O3/c1-4-7-15(9-12-5-6-12)14(19)16(8-11(2)3)10-13(17)18/h1,11-12H,5-10H2,2-3H3,(H,17,18). The van der Waals surface area contributed by atoms with Crippen molar-refractivity contribution in [3.05, 3.63) is 0 Å². The molecule has 0 aliphatic heterocycles. The second-order valence-electron chi connectivity index (χ2n) is 5.48. The van der Waals surface area contributed by atoms with Crippen LogP contribution in [0.1, 0.15) is 26.7 Å². The molecule has 0 radical (unpaired) electrons.